The zero-order valence-corrected chi connectivity index (χ0v) is 11.8. The van der Waals surface area contributed by atoms with Crippen molar-refractivity contribution in [3.05, 3.63) is 34.9 Å². The molecule has 1 aromatic rings. The Morgan fingerprint density at radius 3 is 3.05 bits per heavy atom. The smallest absolute Gasteiger partial charge is 0.317 e. The van der Waals surface area contributed by atoms with Crippen LogP contribution in [-0.4, -0.2) is 43.3 Å². The quantitative estimate of drug-likeness (QED) is 0.924. The predicted octanol–water partition coefficient (Wildman–Crippen LogP) is 2.31. The van der Waals surface area contributed by atoms with Crippen LogP contribution in [0.3, 0.4) is 0 Å². The molecular formula is C14H19ClN2O2. The zero-order valence-electron chi connectivity index (χ0n) is 11.1. The lowest BCUT2D eigenvalue weighted by Crippen LogP contribution is -2.50. The predicted molar refractivity (Wildman–Crippen MR) is 75.5 cm³/mol. The van der Waals surface area contributed by atoms with Crippen LogP contribution in [0, 0.1) is 0 Å². The van der Waals surface area contributed by atoms with E-state index in [1.54, 1.807) is 4.90 Å². The van der Waals surface area contributed by atoms with Crippen LogP contribution < -0.4 is 5.32 Å². The third-order valence-corrected chi connectivity index (χ3v) is 3.53. The molecule has 1 aliphatic heterocycles. The Balaban J connectivity index is 1.94. The number of morpholine rings is 1. The highest BCUT2D eigenvalue weighted by Crippen LogP contribution is 2.19. The average Bonchev–Trinajstić information content (AvgIpc) is 2.42. The first-order valence-corrected chi connectivity index (χ1v) is 6.96. The number of carbonyl (C=O) groups excluding carboxylic acids is 1. The number of nitrogens with one attached hydrogen (secondary N) is 1. The second kappa shape index (κ2) is 6.78. The normalized spacial score (nSPS) is 19.3. The first-order chi connectivity index (χ1) is 9.20. The summed E-state index contributed by atoms with van der Waals surface area (Å²) in [5.41, 5.74) is 1.06. The Hall–Kier alpha value is -1.26. The Morgan fingerprint density at radius 2 is 2.32 bits per heavy atom. The van der Waals surface area contributed by atoms with Crippen LogP contribution in [0.15, 0.2) is 24.3 Å². The summed E-state index contributed by atoms with van der Waals surface area (Å²) in [6.45, 7) is 4.39. The molecule has 0 spiro atoms. The molecule has 1 aliphatic rings. The number of benzene rings is 1. The van der Waals surface area contributed by atoms with Gasteiger partial charge in [0.15, 0.2) is 0 Å². The van der Waals surface area contributed by atoms with E-state index in [-0.39, 0.29) is 12.1 Å². The highest BCUT2D eigenvalue weighted by Gasteiger charge is 2.24. The lowest BCUT2D eigenvalue weighted by molar-refractivity contribution is -0.0132. The number of carbonyl (C=O) groups is 1. The van der Waals surface area contributed by atoms with Crippen LogP contribution in [0.25, 0.3) is 0 Å². The fraction of sp³-hybridized carbons (Fsp3) is 0.500. The lowest BCUT2D eigenvalue weighted by atomic mass is 10.1. The number of nitrogens with zero attached hydrogens (tertiary/aromatic N) is 1. The van der Waals surface area contributed by atoms with E-state index in [9.17, 15) is 4.79 Å². The number of urea groups is 1. The van der Waals surface area contributed by atoms with Crippen LogP contribution in [-0.2, 0) is 11.2 Å². The molecule has 104 valence electrons. The molecule has 0 saturated carbocycles. The summed E-state index contributed by atoms with van der Waals surface area (Å²) in [6.07, 6.45) is 0.742. The minimum atomic E-state index is -0.0186. The van der Waals surface area contributed by atoms with Crippen molar-refractivity contribution in [2.75, 3.05) is 26.2 Å². The molecule has 2 rings (SSSR count). The molecule has 19 heavy (non-hydrogen) atoms. The summed E-state index contributed by atoms with van der Waals surface area (Å²) in [5.74, 6) is 0. The molecule has 1 atom stereocenters. The molecular weight excluding hydrogens is 264 g/mol. The van der Waals surface area contributed by atoms with E-state index in [2.05, 4.69) is 5.32 Å². The first-order valence-electron chi connectivity index (χ1n) is 6.58. The van der Waals surface area contributed by atoms with E-state index >= 15 is 0 Å². The molecule has 1 N–H and O–H groups in total. The SMILES string of the molecule is CCNC(=O)N1CCO[C@@H](Cc2ccccc2Cl)C1. The van der Waals surface area contributed by atoms with Gasteiger partial charge in [0.05, 0.1) is 12.7 Å². The molecule has 0 unspecified atom stereocenters. The van der Waals surface area contributed by atoms with Crippen LogP contribution in [0.4, 0.5) is 4.79 Å². The van der Waals surface area contributed by atoms with E-state index in [0.717, 1.165) is 17.0 Å². The highest BCUT2D eigenvalue weighted by molar-refractivity contribution is 6.31. The number of amides is 2. The number of hydrogen-bond acceptors (Lipinski definition) is 2. The fourth-order valence-electron chi connectivity index (χ4n) is 2.20. The van der Waals surface area contributed by atoms with Gasteiger partial charge in [0.1, 0.15) is 0 Å². The summed E-state index contributed by atoms with van der Waals surface area (Å²) < 4.78 is 5.72. The van der Waals surface area contributed by atoms with Gasteiger partial charge in [-0.2, -0.15) is 0 Å². The highest BCUT2D eigenvalue weighted by atomic mass is 35.5. The zero-order chi connectivity index (χ0) is 13.7. The minimum Gasteiger partial charge on any atom is -0.374 e. The van der Waals surface area contributed by atoms with Crippen molar-refractivity contribution in [3.63, 3.8) is 0 Å². The van der Waals surface area contributed by atoms with Gasteiger partial charge in [0.2, 0.25) is 0 Å². The van der Waals surface area contributed by atoms with E-state index in [1.165, 1.54) is 0 Å². The molecule has 2 amide bonds. The van der Waals surface area contributed by atoms with Crippen LogP contribution >= 0.6 is 11.6 Å². The minimum absolute atomic E-state index is 0.0104. The van der Waals surface area contributed by atoms with Gasteiger partial charge in [0.25, 0.3) is 0 Å². The molecule has 1 aromatic carbocycles. The van der Waals surface area contributed by atoms with Gasteiger partial charge in [-0.3, -0.25) is 0 Å². The van der Waals surface area contributed by atoms with Crippen molar-refractivity contribution in [2.24, 2.45) is 0 Å². The summed E-state index contributed by atoms with van der Waals surface area (Å²) in [5, 5.41) is 3.57. The maximum absolute atomic E-state index is 11.8. The Morgan fingerprint density at radius 1 is 1.53 bits per heavy atom. The van der Waals surface area contributed by atoms with Gasteiger partial charge in [-0.25, -0.2) is 4.79 Å². The third-order valence-electron chi connectivity index (χ3n) is 3.16. The van der Waals surface area contributed by atoms with Crippen molar-refractivity contribution >= 4 is 17.6 Å². The van der Waals surface area contributed by atoms with E-state index in [1.807, 2.05) is 31.2 Å². The number of halogens is 1. The molecule has 4 nitrogen and oxygen atoms in total. The van der Waals surface area contributed by atoms with Crippen molar-refractivity contribution in [3.8, 4) is 0 Å². The van der Waals surface area contributed by atoms with Gasteiger partial charge >= 0.3 is 6.03 Å². The summed E-state index contributed by atoms with van der Waals surface area (Å²) in [4.78, 5) is 13.6. The van der Waals surface area contributed by atoms with Gasteiger partial charge in [0, 0.05) is 31.1 Å². The standard InChI is InChI=1S/C14H19ClN2O2/c1-2-16-14(18)17-7-8-19-12(10-17)9-11-5-3-4-6-13(11)15/h3-6,12H,2,7-10H2,1H3,(H,16,18)/t12-/m0/s1. The number of ether oxygens (including phenoxy) is 1. The molecule has 0 radical (unpaired) electrons. The Labute approximate surface area is 118 Å². The lowest BCUT2D eigenvalue weighted by Gasteiger charge is -2.33. The van der Waals surface area contributed by atoms with Crippen LogP contribution in [0.5, 0.6) is 0 Å². The number of rotatable bonds is 3. The van der Waals surface area contributed by atoms with Gasteiger partial charge < -0.3 is 15.0 Å². The van der Waals surface area contributed by atoms with E-state index in [4.69, 9.17) is 16.3 Å². The number of hydrogen-bond donors (Lipinski definition) is 1. The molecule has 0 aliphatic carbocycles. The van der Waals surface area contributed by atoms with E-state index < -0.39 is 0 Å². The molecule has 0 bridgehead atoms. The largest absolute Gasteiger partial charge is 0.374 e. The monoisotopic (exact) mass is 282 g/mol. The maximum Gasteiger partial charge on any atom is 0.317 e. The van der Waals surface area contributed by atoms with Crippen LogP contribution in [0.1, 0.15) is 12.5 Å². The fourth-order valence-corrected chi connectivity index (χ4v) is 2.41. The average molecular weight is 283 g/mol. The van der Waals surface area contributed by atoms with E-state index in [0.29, 0.717) is 26.2 Å². The van der Waals surface area contributed by atoms with Gasteiger partial charge in [-0.05, 0) is 18.6 Å². The van der Waals surface area contributed by atoms with Crippen molar-refractivity contribution in [1.29, 1.82) is 0 Å². The molecule has 5 heteroatoms. The van der Waals surface area contributed by atoms with Crippen LogP contribution in [0.2, 0.25) is 5.02 Å². The Kier molecular flexibility index (Phi) is 5.05. The van der Waals surface area contributed by atoms with Gasteiger partial charge in [-0.15, -0.1) is 0 Å². The maximum atomic E-state index is 11.8. The summed E-state index contributed by atoms with van der Waals surface area (Å²) in [6, 6.07) is 7.73. The molecule has 1 saturated heterocycles. The molecule has 1 fully saturated rings. The molecule has 0 aromatic heterocycles. The third kappa shape index (κ3) is 3.85. The topological polar surface area (TPSA) is 41.6 Å². The van der Waals surface area contributed by atoms with Crippen molar-refractivity contribution in [1.82, 2.24) is 10.2 Å². The first kappa shape index (κ1) is 14.2. The second-order valence-corrected chi connectivity index (χ2v) is 4.98. The second-order valence-electron chi connectivity index (χ2n) is 4.57. The van der Waals surface area contributed by atoms with Crippen molar-refractivity contribution in [2.45, 2.75) is 19.4 Å². The van der Waals surface area contributed by atoms with Crippen molar-refractivity contribution < 1.29 is 9.53 Å². The molecule has 1 heterocycles. The summed E-state index contributed by atoms with van der Waals surface area (Å²) >= 11 is 6.14. The Bertz CT molecular complexity index is 439. The summed E-state index contributed by atoms with van der Waals surface area (Å²) in [7, 11) is 0. The van der Waals surface area contributed by atoms with Gasteiger partial charge in [-0.1, -0.05) is 29.8 Å².